The third-order valence-electron chi connectivity index (χ3n) is 4.10. The number of amides is 1. The molecule has 4 nitrogen and oxygen atoms in total. The number of carbonyl (C=O) groups is 1. The first-order valence-electron chi connectivity index (χ1n) is 7.88. The zero-order valence-corrected chi connectivity index (χ0v) is 13.6. The van der Waals surface area contributed by atoms with Gasteiger partial charge in [-0.15, -0.1) is 6.42 Å². The molecule has 2 rings (SSSR count). The monoisotopic (exact) mass is 319 g/mol. The number of ether oxygens (including phenoxy) is 2. The maximum absolute atomic E-state index is 14.7. The zero-order valence-electron chi connectivity index (χ0n) is 13.6. The van der Waals surface area contributed by atoms with E-state index < -0.39 is 5.82 Å². The highest BCUT2D eigenvalue weighted by molar-refractivity contribution is 5.96. The quantitative estimate of drug-likeness (QED) is 0.820. The van der Waals surface area contributed by atoms with Gasteiger partial charge in [0.05, 0.1) is 7.11 Å². The van der Waals surface area contributed by atoms with Gasteiger partial charge in [-0.2, -0.15) is 0 Å². The second kappa shape index (κ2) is 7.87. The summed E-state index contributed by atoms with van der Waals surface area (Å²) in [6, 6.07) is 1.69. The number of carbonyl (C=O) groups excluding carboxylic acids is 1. The maximum Gasteiger partial charge on any atom is 0.252 e. The van der Waals surface area contributed by atoms with Crippen LogP contribution in [0, 0.1) is 18.2 Å². The van der Waals surface area contributed by atoms with E-state index >= 15 is 0 Å². The molecule has 5 heteroatoms. The molecule has 0 saturated heterocycles. The lowest BCUT2D eigenvalue weighted by Gasteiger charge is -2.18. The molecule has 0 aromatic heterocycles. The second-order valence-electron chi connectivity index (χ2n) is 5.55. The van der Waals surface area contributed by atoms with Crippen LogP contribution in [0.1, 0.15) is 48.5 Å². The molecule has 0 heterocycles. The van der Waals surface area contributed by atoms with Crippen LogP contribution < -0.4 is 14.8 Å². The first-order valence-corrected chi connectivity index (χ1v) is 7.88. The molecule has 1 aromatic rings. The molecule has 0 bridgehead atoms. The van der Waals surface area contributed by atoms with Gasteiger partial charge in [0.25, 0.3) is 5.91 Å². The van der Waals surface area contributed by atoms with Crippen LogP contribution in [0.15, 0.2) is 6.07 Å². The van der Waals surface area contributed by atoms with Crippen molar-refractivity contribution >= 4 is 5.91 Å². The van der Waals surface area contributed by atoms with E-state index in [4.69, 9.17) is 15.9 Å². The number of hydrogen-bond acceptors (Lipinski definition) is 3. The molecule has 1 aromatic carbocycles. The first-order chi connectivity index (χ1) is 11.1. The fraction of sp³-hybridized carbons (Fsp3) is 0.500. The molecule has 0 radical (unpaired) electrons. The summed E-state index contributed by atoms with van der Waals surface area (Å²) in [5.41, 5.74) is 0.607. The van der Waals surface area contributed by atoms with Crippen molar-refractivity contribution in [2.75, 3.05) is 13.7 Å². The fourth-order valence-corrected chi connectivity index (χ4v) is 2.93. The van der Waals surface area contributed by atoms with E-state index in [1.165, 1.54) is 13.2 Å². The third kappa shape index (κ3) is 3.76. The minimum Gasteiger partial charge on any atom is -0.493 e. The van der Waals surface area contributed by atoms with Gasteiger partial charge in [0, 0.05) is 17.2 Å². The lowest BCUT2D eigenvalue weighted by atomic mass is 10.0. The Morgan fingerprint density at radius 1 is 1.48 bits per heavy atom. The number of halogens is 1. The molecule has 0 unspecified atom stereocenters. The normalized spacial score (nSPS) is 14.3. The summed E-state index contributed by atoms with van der Waals surface area (Å²) in [7, 11) is 1.40. The van der Waals surface area contributed by atoms with Crippen molar-refractivity contribution in [3.8, 4) is 23.8 Å². The summed E-state index contributed by atoms with van der Waals surface area (Å²) in [6.45, 7) is 1.73. The summed E-state index contributed by atoms with van der Waals surface area (Å²) in [4.78, 5) is 12.5. The van der Waals surface area contributed by atoms with Crippen molar-refractivity contribution in [3.05, 3.63) is 23.0 Å². The van der Waals surface area contributed by atoms with Gasteiger partial charge in [-0.1, -0.05) is 25.7 Å². The topological polar surface area (TPSA) is 47.6 Å². The van der Waals surface area contributed by atoms with E-state index in [-0.39, 0.29) is 30.1 Å². The van der Waals surface area contributed by atoms with Crippen LogP contribution in [-0.2, 0) is 6.42 Å². The van der Waals surface area contributed by atoms with Gasteiger partial charge in [0.2, 0.25) is 0 Å². The molecule has 124 valence electrons. The molecule has 1 saturated carbocycles. The zero-order chi connectivity index (χ0) is 16.8. The van der Waals surface area contributed by atoms with Crippen LogP contribution in [0.25, 0.3) is 0 Å². The van der Waals surface area contributed by atoms with Crippen LogP contribution >= 0.6 is 0 Å². The number of terminal acetylenes is 1. The molecule has 0 atom stereocenters. The van der Waals surface area contributed by atoms with Gasteiger partial charge < -0.3 is 14.8 Å². The van der Waals surface area contributed by atoms with Gasteiger partial charge in [-0.3, -0.25) is 4.79 Å². The Kier molecular flexibility index (Phi) is 5.86. The maximum atomic E-state index is 14.7. The van der Waals surface area contributed by atoms with Gasteiger partial charge in [0.15, 0.2) is 17.3 Å². The summed E-state index contributed by atoms with van der Waals surface area (Å²) in [5.74, 6) is 1.57. The Morgan fingerprint density at radius 3 is 2.74 bits per heavy atom. The van der Waals surface area contributed by atoms with Crippen molar-refractivity contribution in [3.63, 3.8) is 0 Å². The van der Waals surface area contributed by atoms with E-state index in [0.29, 0.717) is 17.5 Å². The van der Waals surface area contributed by atoms with Crippen molar-refractivity contribution in [2.45, 2.75) is 45.1 Å². The largest absolute Gasteiger partial charge is 0.493 e. The molecule has 0 spiro atoms. The van der Waals surface area contributed by atoms with Crippen LogP contribution in [0.2, 0.25) is 0 Å². The summed E-state index contributed by atoms with van der Waals surface area (Å²) >= 11 is 0. The highest BCUT2D eigenvalue weighted by Gasteiger charge is 2.25. The molecule has 0 aliphatic heterocycles. The molecule has 1 amide bonds. The summed E-state index contributed by atoms with van der Waals surface area (Å²) < 4.78 is 25.1. The standard InChI is InChI=1S/C18H22FNO3/c1-4-10-23-17-15(22-3)11-14(13(5-2)16(17)19)18(21)20-12-8-6-7-9-12/h1,11-12H,5-10H2,2-3H3,(H,20,21). The molecule has 1 aliphatic rings. The minimum atomic E-state index is -0.585. The minimum absolute atomic E-state index is 0.0419. The van der Waals surface area contributed by atoms with Crippen molar-refractivity contribution < 1.29 is 18.7 Å². The highest BCUT2D eigenvalue weighted by atomic mass is 19.1. The Bertz CT molecular complexity index is 616. The Labute approximate surface area is 136 Å². The van der Waals surface area contributed by atoms with E-state index in [0.717, 1.165) is 25.7 Å². The predicted molar refractivity (Wildman–Crippen MR) is 86.4 cm³/mol. The van der Waals surface area contributed by atoms with E-state index in [9.17, 15) is 9.18 Å². The Hall–Kier alpha value is -2.22. The van der Waals surface area contributed by atoms with Crippen molar-refractivity contribution in [1.82, 2.24) is 5.32 Å². The van der Waals surface area contributed by atoms with Crippen molar-refractivity contribution in [1.29, 1.82) is 0 Å². The molecule has 23 heavy (non-hydrogen) atoms. The molecule has 1 N–H and O–H groups in total. The van der Waals surface area contributed by atoms with Crippen molar-refractivity contribution in [2.24, 2.45) is 0 Å². The Morgan fingerprint density at radius 2 is 2.17 bits per heavy atom. The van der Waals surface area contributed by atoms with E-state index in [1.54, 1.807) is 6.92 Å². The molecular formula is C18H22FNO3. The van der Waals surface area contributed by atoms with E-state index in [2.05, 4.69) is 11.2 Å². The average Bonchev–Trinajstić information content (AvgIpc) is 3.05. The van der Waals surface area contributed by atoms with Gasteiger partial charge in [-0.05, 0) is 25.3 Å². The van der Waals surface area contributed by atoms with Crippen LogP contribution in [-0.4, -0.2) is 25.7 Å². The summed E-state index contributed by atoms with van der Waals surface area (Å²) in [6.07, 6.45) is 9.69. The van der Waals surface area contributed by atoms with Crippen LogP contribution in [0.5, 0.6) is 11.5 Å². The van der Waals surface area contributed by atoms with E-state index in [1.807, 2.05) is 0 Å². The fourth-order valence-electron chi connectivity index (χ4n) is 2.93. The third-order valence-corrected chi connectivity index (χ3v) is 4.10. The van der Waals surface area contributed by atoms with Crippen LogP contribution in [0.4, 0.5) is 4.39 Å². The predicted octanol–water partition coefficient (Wildman–Crippen LogP) is 3.08. The van der Waals surface area contributed by atoms with Gasteiger partial charge in [0.1, 0.15) is 6.61 Å². The molecular weight excluding hydrogens is 297 g/mol. The number of benzene rings is 1. The molecule has 1 fully saturated rings. The second-order valence-corrected chi connectivity index (χ2v) is 5.55. The van der Waals surface area contributed by atoms with Crippen LogP contribution in [0.3, 0.4) is 0 Å². The number of nitrogens with one attached hydrogen (secondary N) is 1. The smallest absolute Gasteiger partial charge is 0.252 e. The van der Waals surface area contributed by atoms with Gasteiger partial charge in [-0.25, -0.2) is 4.39 Å². The lowest BCUT2D eigenvalue weighted by Crippen LogP contribution is -2.33. The highest BCUT2D eigenvalue weighted by Crippen LogP contribution is 2.35. The van der Waals surface area contributed by atoms with Gasteiger partial charge >= 0.3 is 0 Å². The first kappa shape index (κ1) is 17.1. The lowest BCUT2D eigenvalue weighted by molar-refractivity contribution is 0.0936. The number of methoxy groups -OCH3 is 1. The SMILES string of the molecule is C#CCOc1c(OC)cc(C(=O)NC2CCCC2)c(CC)c1F. The average molecular weight is 319 g/mol. The Balaban J connectivity index is 2.36. The number of rotatable bonds is 6. The number of hydrogen-bond donors (Lipinski definition) is 1. The summed E-state index contributed by atoms with van der Waals surface area (Å²) in [5, 5.41) is 2.98. The molecule has 1 aliphatic carbocycles.